The lowest BCUT2D eigenvalue weighted by Crippen LogP contribution is -2.44. The molecule has 1 saturated heterocycles. The molecule has 0 N–H and O–H groups in total. The Balaban J connectivity index is 1.82. The molecule has 25 heavy (non-hydrogen) atoms. The van der Waals surface area contributed by atoms with Gasteiger partial charge in [-0.15, -0.1) is 0 Å². The van der Waals surface area contributed by atoms with Gasteiger partial charge in [-0.25, -0.2) is 4.98 Å². The highest BCUT2D eigenvalue weighted by atomic mass is 35.5. The van der Waals surface area contributed by atoms with Crippen LogP contribution < -0.4 is 4.90 Å². The Morgan fingerprint density at radius 1 is 1.04 bits per heavy atom. The molecule has 3 heterocycles. The van der Waals surface area contributed by atoms with Crippen LogP contribution in [0, 0.1) is 0 Å². The highest BCUT2D eigenvalue weighted by molar-refractivity contribution is 6.30. The van der Waals surface area contributed by atoms with E-state index in [-0.39, 0.29) is 11.3 Å². The number of rotatable bonds is 2. The number of ether oxygens (including phenoxy) is 1. The monoisotopic (exact) mass is 374 g/mol. The van der Waals surface area contributed by atoms with Crippen molar-refractivity contribution in [2.45, 2.75) is 13.0 Å². The molecule has 1 aliphatic heterocycles. The van der Waals surface area contributed by atoms with Gasteiger partial charge >= 0.3 is 0 Å². The number of benzene rings is 1. The maximum Gasteiger partial charge on any atom is 0.226 e. The molecule has 0 bridgehead atoms. The fraction of sp³-hybridized carbons (Fsp3) is 0.278. The Labute approximate surface area is 155 Å². The van der Waals surface area contributed by atoms with E-state index < -0.39 is 0 Å². The molecule has 0 amide bonds. The van der Waals surface area contributed by atoms with Crippen molar-refractivity contribution >= 4 is 40.1 Å². The minimum atomic E-state index is 0.196. The zero-order valence-corrected chi connectivity index (χ0v) is 15.1. The fourth-order valence-corrected chi connectivity index (χ4v) is 3.30. The minimum absolute atomic E-state index is 0.196. The first kappa shape index (κ1) is 16.5. The highest BCUT2D eigenvalue weighted by Gasteiger charge is 2.23. The first-order valence-electron chi connectivity index (χ1n) is 8.06. The van der Waals surface area contributed by atoms with E-state index in [1.807, 2.05) is 36.4 Å². The number of anilines is 1. The van der Waals surface area contributed by atoms with E-state index >= 15 is 0 Å². The van der Waals surface area contributed by atoms with Gasteiger partial charge in [-0.1, -0.05) is 23.7 Å². The maximum atomic E-state index is 6.17. The molecule has 7 heteroatoms. The summed E-state index contributed by atoms with van der Waals surface area (Å²) in [6.45, 7) is 4.21. The van der Waals surface area contributed by atoms with E-state index in [0.717, 1.165) is 29.0 Å². The fourth-order valence-electron chi connectivity index (χ4n) is 3.01. The molecule has 4 rings (SSSR count). The van der Waals surface area contributed by atoms with Gasteiger partial charge in [0, 0.05) is 17.1 Å². The van der Waals surface area contributed by atoms with Crippen molar-refractivity contribution in [3.8, 4) is 11.3 Å². The Morgan fingerprint density at radius 3 is 2.60 bits per heavy atom. The van der Waals surface area contributed by atoms with E-state index in [2.05, 4.69) is 26.8 Å². The lowest BCUT2D eigenvalue weighted by Gasteiger charge is -2.34. The summed E-state index contributed by atoms with van der Waals surface area (Å²) in [6.07, 6.45) is 0. The third kappa shape index (κ3) is 3.27. The lowest BCUT2D eigenvalue weighted by atomic mass is 10.1. The van der Waals surface area contributed by atoms with Crippen molar-refractivity contribution < 1.29 is 4.74 Å². The Hall–Kier alpha value is -1.95. The third-order valence-corrected chi connectivity index (χ3v) is 4.71. The zero-order chi connectivity index (χ0) is 17.4. The van der Waals surface area contributed by atoms with Crippen LogP contribution in [-0.2, 0) is 4.74 Å². The summed E-state index contributed by atoms with van der Waals surface area (Å²) in [7, 11) is 0. The smallest absolute Gasteiger partial charge is 0.226 e. The Bertz CT molecular complexity index is 917. The molecule has 2 aromatic heterocycles. The predicted octanol–water partition coefficient (Wildman–Crippen LogP) is 4.22. The molecule has 0 radical (unpaired) electrons. The summed E-state index contributed by atoms with van der Waals surface area (Å²) in [5.41, 5.74) is 2.38. The number of aromatic nitrogens is 3. The Kier molecular flexibility index (Phi) is 4.46. The van der Waals surface area contributed by atoms with E-state index in [9.17, 15) is 0 Å². The number of hydrogen-bond acceptors (Lipinski definition) is 5. The second kappa shape index (κ2) is 6.75. The summed E-state index contributed by atoms with van der Waals surface area (Å²) < 4.78 is 5.52. The van der Waals surface area contributed by atoms with Crippen molar-refractivity contribution in [1.82, 2.24) is 15.0 Å². The van der Waals surface area contributed by atoms with Crippen molar-refractivity contribution in [2.24, 2.45) is 0 Å². The highest BCUT2D eigenvalue weighted by Crippen LogP contribution is 2.29. The summed E-state index contributed by atoms with van der Waals surface area (Å²) >= 11 is 12.1. The quantitative estimate of drug-likeness (QED) is 0.628. The topological polar surface area (TPSA) is 51.1 Å². The molecule has 5 nitrogen and oxygen atoms in total. The second-order valence-electron chi connectivity index (χ2n) is 6.01. The van der Waals surface area contributed by atoms with Gasteiger partial charge in [-0.2, -0.15) is 9.97 Å². The van der Waals surface area contributed by atoms with Crippen LogP contribution in [0.15, 0.2) is 36.4 Å². The molecule has 128 valence electrons. The molecule has 1 aliphatic rings. The summed E-state index contributed by atoms with van der Waals surface area (Å²) in [5, 5.41) is 1.77. The second-order valence-corrected chi connectivity index (χ2v) is 6.78. The number of hydrogen-bond donors (Lipinski definition) is 0. The average molecular weight is 375 g/mol. The van der Waals surface area contributed by atoms with E-state index in [1.165, 1.54) is 0 Å². The van der Waals surface area contributed by atoms with Gasteiger partial charge in [-0.3, -0.25) is 0 Å². The Morgan fingerprint density at radius 2 is 1.84 bits per heavy atom. The zero-order valence-electron chi connectivity index (χ0n) is 13.6. The first-order chi connectivity index (χ1) is 12.1. The van der Waals surface area contributed by atoms with Crippen LogP contribution in [0.3, 0.4) is 0 Å². The van der Waals surface area contributed by atoms with Gasteiger partial charge in [0.25, 0.3) is 0 Å². The van der Waals surface area contributed by atoms with Gasteiger partial charge in [0.2, 0.25) is 5.28 Å². The summed E-state index contributed by atoms with van der Waals surface area (Å²) in [6, 6.07) is 11.7. The van der Waals surface area contributed by atoms with Crippen molar-refractivity contribution in [3.05, 3.63) is 46.7 Å². The predicted molar refractivity (Wildman–Crippen MR) is 100 cm³/mol. The van der Waals surface area contributed by atoms with Gasteiger partial charge in [0.15, 0.2) is 5.65 Å². The number of halogens is 2. The molecule has 0 aliphatic carbocycles. The van der Waals surface area contributed by atoms with Crippen LogP contribution >= 0.6 is 23.2 Å². The molecule has 1 fully saturated rings. The number of pyridine rings is 1. The third-order valence-electron chi connectivity index (χ3n) is 4.29. The minimum Gasteiger partial charge on any atom is -0.377 e. The standard InChI is InChI=1S/C18H16Cl2N4O/c1-11-10-25-9-8-24(11)17-14-6-7-15(12-2-4-13(19)5-3-12)21-16(14)22-18(20)23-17/h2-7,11H,8-10H2,1H3/t11-/m0/s1. The lowest BCUT2D eigenvalue weighted by molar-refractivity contribution is 0.0987. The molecular formula is C18H16Cl2N4O. The molecule has 0 spiro atoms. The first-order valence-corrected chi connectivity index (χ1v) is 8.82. The van der Waals surface area contributed by atoms with E-state index in [4.69, 9.17) is 27.9 Å². The van der Waals surface area contributed by atoms with Crippen molar-refractivity contribution in [1.29, 1.82) is 0 Å². The maximum absolute atomic E-state index is 6.17. The molecule has 3 aromatic rings. The van der Waals surface area contributed by atoms with Crippen molar-refractivity contribution in [3.63, 3.8) is 0 Å². The normalized spacial score (nSPS) is 17.9. The molecular weight excluding hydrogens is 359 g/mol. The van der Waals surface area contributed by atoms with Crippen LogP contribution in [0.2, 0.25) is 10.3 Å². The summed E-state index contributed by atoms with van der Waals surface area (Å²) in [4.78, 5) is 15.7. The molecule has 1 atom stereocenters. The van der Waals surface area contributed by atoms with Gasteiger partial charge < -0.3 is 9.64 Å². The average Bonchev–Trinajstić information content (AvgIpc) is 2.61. The van der Waals surface area contributed by atoms with Crippen molar-refractivity contribution in [2.75, 3.05) is 24.7 Å². The van der Waals surface area contributed by atoms with Crippen LogP contribution in [0.4, 0.5) is 5.82 Å². The SMILES string of the molecule is C[C@H]1COCCN1c1nc(Cl)nc2nc(-c3ccc(Cl)cc3)ccc12. The van der Waals surface area contributed by atoms with Crippen LogP contribution in [-0.4, -0.2) is 40.8 Å². The van der Waals surface area contributed by atoms with E-state index in [0.29, 0.717) is 23.9 Å². The summed E-state index contributed by atoms with van der Waals surface area (Å²) in [5.74, 6) is 0.806. The molecule has 0 unspecified atom stereocenters. The van der Waals surface area contributed by atoms with Crippen LogP contribution in [0.1, 0.15) is 6.92 Å². The van der Waals surface area contributed by atoms with E-state index in [1.54, 1.807) is 0 Å². The van der Waals surface area contributed by atoms with Gasteiger partial charge in [-0.05, 0) is 42.8 Å². The van der Waals surface area contributed by atoms with Crippen LogP contribution in [0.5, 0.6) is 0 Å². The molecule has 1 aromatic carbocycles. The van der Waals surface area contributed by atoms with Gasteiger partial charge in [0.05, 0.1) is 30.3 Å². The number of nitrogens with zero attached hydrogens (tertiary/aromatic N) is 4. The van der Waals surface area contributed by atoms with Gasteiger partial charge in [0.1, 0.15) is 5.82 Å². The number of fused-ring (bicyclic) bond motifs is 1. The van der Waals surface area contributed by atoms with Crippen LogP contribution in [0.25, 0.3) is 22.3 Å². The number of morpholine rings is 1. The molecule has 0 saturated carbocycles. The largest absolute Gasteiger partial charge is 0.377 e.